The van der Waals surface area contributed by atoms with E-state index < -0.39 is 0 Å². The van der Waals surface area contributed by atoms with Crippen molar-refractivity contribution in [2.24, 2.45) is 0 Å². The highest BCUT2D eigenvalue weighted by Gasteiger charge is 2.21. The smallest absolute Gasteiger partial charge is 0.313 e. The van der Waals surface area contributed by atoms with Gasteiger partial charge in [-0.25, -0.2) is 0 Å². The van der Waals surface area contributed by atoms with Crippen molar-refractivity contribution < 1.29 is 14.1 Å². The normalized spacial score (nSPS) is 11.9. The van der Waals surface area contributed by atoms with E-state index in [1.165, 1.54) is 0 Å². The van der Waals surface area contributed by atoms with Crippen LogP contribution in [0, 0.1) is 0 Å². The number of carbonyl (C=O) groups excluding carboxylic acids is 1. The van der Waals surface area contributed by atoms with E-state index in [2.05, 4.69) is 10.1 Å². The van der Waals surface area contributed by atoms with Crippen molar-refractivity contribution in [1.82, 2.24) is 10.1 Å². The molecule has 1 atom stereocenters. The molecular formula is C19H17ClN2O3. The Morgan fingerprint density at radius 1 is 1.16 bits per heavy atom. The molecule has 2 aromatic carbocycles. The van der Waals surface area contributed by atoms with Gasteiger partial charge in [-0.1, -0.05) is 54.0 Å². The molecular weight excluding hydrogens is 340 g/mol. The van der Waals surface area contributed by atoms with E-state index in [4.69, 9.17) is 20.9 Å². The molecule has 0 unspecified atom stereocenters. The zero-order valence-corrected chi connectivity index (χ0v) is 14.4. The number of esters is 1. The Bertz CT molecular complexity index is 831. The fourth-order valence-corrected chi connectivity index (χ4v) is 2.61. The van der Waals surface area contributed by atoms with Crippen molar-refractivity contribution in [3.05, 3.63) is 71.1 Å². The second-order valence-corrected chi connectivity index (χ2v) is 5.93. The zero-order valence-electron chi connectivity index (χ0n) is 13.7. The van der Waals surface area contributed by atoms with Gasteiger partial charge in [0.2, 0.25) is 5.82 Å². The maximum atomic E-state index is 12.3. The van der Waals surface area contributed by atoms with Gasteiger partial charge in [0.05, 0.1) is 5.92 Å². The molecule has 0 bridgehead atoms. The summed E-state index contributed by atoms with van der Waals surface area (Å²) in [7, 11) is 0. The third-order valence-corrected chi connectivity index (χ3v) is 4.06. The van der Waals surface area contributed by atoms with Crippen molar-refractivity contribution in [3.8, 4) is 11.4 Å². The van der Waals surface area contributed by atoms with Gasteiger partial charge in [0.25, 0.3) is 5.89 Å². The van der Waals surface area contributed by atoms with Crippen molar-refractivity contribution in [2.45, 2.75) is 25.9 Å². The number of nitrogens with zero attached hydrogens (tertiary/aromatic N) is 2. The molecule has 0 spiro atoms. The number of ether oxygens (including phenoxy) is 1. The van der Waals surface area contributed by atoms with Crippen LogP contribution in [0.25, 0.3) is 11.4 Å². The summed E-state index contributed by atoms with van der Waals surface area (Å²) in [4.78, 5) is 16.6. The van der Waals surface area contributed by atoms with E-state index in [1.807, 2.05) is 37.3 Å². The monoisotopic (exact) mass is 356 g/mol. The van der Waals surface area contributed by atoms with Gasteiger partial charge in [0, 0.05) is 10.6 Å². The first-order valence-corrected chi connectivity index (χ1v) is 8.35. The molecule has 0 aliphatic carbocycles. The van der Waals surface area contributed by atoms with Crippen LogP contribution in [0.2, 0.25) is 5.02 Å². The van der Waals surface area contributed by atoms with Crippen LogP contribution in [0.1, 0.15) is 30.7 Å². The second kappa shape index (κ2) is 7.94. The lowest BCUT2D eigenvalue weighted by molar-refractivity contribution is -0.147. The highest BCUT2D eigenvalue weighted by molar-refractivity contribution is 6.30. The van der Waals surface area contributed by atoms with Gasteiger partial charge in [0.1, 0.15) is 0 Å². The lowest BCUT2D eigenvalue weighted by Gasteiger charge is -2.13. The third kappa shape index (κ3) is 4.25. The zero-order chi connectivity index (χ0) is 17.6. The van der Waals surface area contributed by atoms with E-state index in [1.54, 1.807) is 24.3 Å². The second-order valence-electron chi connectivity index (χ2n) is 5.50. The standard InChI is InChI=1S/C19H17ClN2O3/c1-2-16(13-6-4-3-5-7-13)19(23)24-12-17-21-18(22-25-17)14-8-10-15(20)11-9-14/h3-11,16H,2,12H2,1H3/t16-/m0/s1. The molecule has 0 aliphatic rings. The molecule has 0 aliphatic heterocycles. The van der Waals surface area contributed by atoms with Crippen LogP contribution in [0.4, 0.5) is 0 Å². The summed E-state index contributed by atoms with van der Waals surface area (Å²) in [6, 6.07) is 16.7. The molecule has 6 heteroatoms. The Kier molecular flexibility index (Phi) is 5.46. The molecule has 0 saturated heterocycles. The van der Waals surface area contributed by atoms with Gasteiger partial charge in [0.15, 0.2) is 6.61 Å². The minimum Gasteiger partial charge on any atom is -0.455 e. The van der Waals surface area contributed by atoms with Crippen molar-refractivity contribution in [2.75, 3.05) is 0 Å². The quantitative estimate of drug-likeness (QED) is 0.602. The Morgan fingerprint density at radius 2 is 1.88 bits per heavy atom. The third-order valence-electron chi connectivity index (χ3n) is 3.80. The number of aromatic nitrogens is 2. The van der Waals surface area contributed by atoms with Crippen LogP contribution in [0.15, 0.2) is 59.1 Å². The fraction of sp³-hybridized carbons (Fsp3) is 0.211. The van der Waals surface area contributed by atoms with Gasteiger partial charge in [-0.15, -0.1) is 0 Å². The Labute approximate surface area is 150 Å². The molecule has 5 nitrogen and oxygen atoms in total. The number of benzene rings is 2. The average Bonchev–Trinajstić information content (AvgIpc) is 3.11. The van der Waals surface area contributed by atoms with Crippen LogP contribution >= 0.6 is 11.6 Å². The van der Waals surface area contributed by atoms with Gasteiger partial charge in [-0.3, -0.25) is 4.79 Å². The fourth-order valence-electron chi connectivity index (χ4n) is 2.49. The molecule has 0 amide bonds. The Balaban J connectivity index is 1.63. The van der Waals surface area contributed by atoms with Crippen molar-refractivity contribution in [1.29, 1.82) is 0 Å². The maximum Gasteiger partial charge on any atom is 0.313 e. The largest absolute Gasteiger partial charge is 0.455 e. The highest BCUT2D eigenvalue weighted by Crippen LogP contribution is 2.22. The molecule has 0 fully saturated rings. The predicted octanol–water partition coefficient (Wildman–Crippen LogP) is 4.63. The summed E-state index contributed by atoms with van der Waals surface area (Å²) in [6.07, 6.45) is 0.655. The maximum absolute atomic E-state index is 12.3. The topological polar surface area (TPSA) is 65.2 Å². The molecule has 1 heterocycles. The summed E-state index contributed by atoms with van der Waals surface area (Å²) < 4.78 is 10.5. The van der Waals surface area contributed by atoms with Crippen LogP contribution in [0.5, 0.6) is 0 Å². The van der Waals surface area contributed by atoms with Crippen molar-refractivity contribution >= 4 is 17.6 Å². The highest BCUT2D eigenvalue weighted by atomic mass is 35.5. The number of halogens is 1. The van der Waals surface area contributed by atoms with Crippen LogP contribution < -0.4 is 0 Å². The first-order chi connectivity index (χ1) is 12.2. The Hall–Kier alpha value is -2.66. The molecule has 0 N–H and O–H groups in total. The first kappa shape index (κ1) is 17.2. The minimum absolute atomic E-state index is 0.0528. The van der Waals surface area contributed by atoms with E-state index in [-0.39, 0.29) is 24.4 Å². The molecule has 25 heavy (non-hydrogen) atoms. The summed E-state index contributed by atoms with van der Waals surface area (Å²) in [5.41, 5.74) is 1.71. The van der Waals surface area contributed by atoms with Gasteiger partial charge in [-0.2, -0.15) is 4.98 Å². The summed E-state index contributed by atoms with van der Waals surface area (Å²) in [5.74, 6) is 0.0684. The van der Waals surface area contributed by atoms with E-state index >= 15 is 0 Å². The summed E-state index contributed by atoms with van der Waals surface area (Å²) in [5, 5.41) is 4.53. The lowest BCUT2D eigenvalue weighted by Crippen LogP contribution is -2.15. The number of carbonyl (C=O) groups is 1. The van der Waals surface area contributed by atoms with Crippen molar-refractivity contribution in [3.63, 3.8) is 0 Å². The van der Waals surface area contributed by atoms with Gasteiger partial charge < -0.3 is 9.26 Å². The lowest BCUT2D eigenvalue weighted by atomic mass is 9.97. The molecule has 1 aromatic heterocycles. The number of hydrogen-bond donors (Lipinski definition) is 0. The van der Waals surface area contributed by atoms with Gasteiger partial charge in [-0.05, 0) is 36.2 Å². The van der Waals surface area contributed by atoms with Crippen LogP contribution in [-0.2, 0) is 16.1 Å². The van der Waals surface area contributed by atoms with E-state index in [9.17, 15) is 4.79 Å². The summed E-state index contributed by atoms with van der Waals surface area (Å²) in [6.45, 7) is 1.90. The van der Waals surface area contributed by atoms with E-state index in [0.717, 1.165) is 11.1 Å². The SMILES string of the molecule is CC[C@H](C(=O)OCc1nc(-c2ccc(Cl)cc2)no1)c1ccccc1. The number of rotatable bonds is 6. The average molecular weight is 357 g/mol. The van der Waals surface area contributed by atoms with E-state index in [0.29, 0.717) is 17.3 Å². The van der Waals surface area contributed by atoms with Gasteiger partial charge >= 0.3 is 5.97 Å². The molecule has 0 saturated carbocycles. The summed E-state index contributed by atoms with van der Waals surface area (Å²) >= 11 is 5.86. The van der Waals surface area contributed by atoms with Crippen LogP contribution in [-0.4, -0.2) is 16.1 Å². The van der Waals surface area contributed by atoms with Crippen LogP contribution in [0.3, 0.4) is 0 Å². The molecule has 0 radical (unpaired) electrons. The number of hydrogen-bond acceptors (Lipinski definition) is 5. The molecule has 3 rings (SSSR count). The first-order valence-electron chi connectivity index (χ1n) is 7.97. The minimum atomic E-state index is -0.306. The molecule has 128 valence electrons. The predicted molar refractivity (Wildman–Crippen MR) is 94.0 cm³/mol. The Morgan fingerprint density at radius 3 is 2.56 bits per heavy atom. The molecule has 3 aromatic rings.